The molecule has 2 atom stereocenters. The van der Waals surface area contributed by atoms with Gasteiger partial charge in [0, 0.05) is 18.7 Å². The molecule has 2 fully saturated rings. The molecule has 1 heterocycles. The van der Waals surface area contributed by atoms with Crippen LogP contribution in [0.15, 0.2) is 0 Å². The third-order valence-corrected chi connectivity index (χ3v) is 4.80. The Labute approximate surface area is 112 Å². The van der Waals surface area contributed by atoms with E-state index in [1.54, 1.807) is 0 Å². The Morgan fingerprint density at radius 1 is 1.28 bits per heavy atom. The molecule has 0 aromatic heterocycles. The molecule has 0 spiro atoms. The summed E-state index contributed by atoms with van der Waals surface area (Å²) in [6, 6.07) is 0. The van der Waals surface area contributed by atoms with Crippen molar-refractivity contribution in [2.24, 2.45) is 11.7 Å². The van der Waals surface area contributed by atoms with Gasteiger partial charge in [-0.1, -0.05) is 26.2 Å². The zero-order valence-electron chi connectivity index (χ0n) is 11.9. The first kappa shape index (κ1) is 14.3. The fourth-order valence-electron chi connectivity index (χ4n) is 3.51. The van der Waals surface area contributed by atoms with Crippen LogP contribution in [0.5, 0.6) is 0 Å². The van der Waals surface area contributed by atoms with E-state index in [4.69, 9.17) is 10.5 Å². The highest BCUT2D eigenvalue weighted by Crippen LogP contribution is 2.28. The van der Waals surface area contributed by atoms with Crippen molar-refractivity contribution >= 4 is 0 Å². The standard InChI is InChI=1S/C15H30N2O/c1-2-14-13(6-11-18-14)12-17-10-9-15(16)7-4-3-5-8-15/h13-14,17H,2-12,16H2,1H3. The SMILES string of the molecule is CCC1OCCC1CNCCC1(N)CCCCC1. The van der Waals surface area contributed by atoms with E-state index in [-0.39, 0.29) is 5.54 Å². The summed E-state index contributed by atoms with van der Waals surface area (Å²) in [5.74, 6) is 0.718. The number of nitrogens with two attached hydrogens (primary N) is 1. The zero-order valence-corrected chi connectivity index (χ0v) is 11.9. The third kappa shape index (κ3) is 3.94. The molecule has 1 aliphatic carbocycles. The largest absolute Gasteiger partial charge is 0.378 e. The van der Waals surface area contributed by atoms with Gasteiger partial charge in [0.1, 0.15) is 0 Å². The van der Waals surface area contributed by atoms with Crippen molar-refractivity contribution in [2.75, 3.05) is 19.7 Å². The van der Waals surface area contributed by atoms with Gasteiger partial charge in [-0.05, 0) is 44.6 Å². The molecule has 0 bridgehead atoms. The first-order valence-electron chi connectivity index (χ1n) is 7.85. The minimum Gasteiger partial charge on any atom is -0.378 e. The second-order valence-corrected chi connectivity index (χ2v) is 6.24. The van der Waals surface area contributed by atoms with Gasteiger partial charge in [0.15, 0.2) is 0 Å². The van der Waals surface area contributed by atoms with Crippen molar-refractivity contribution < 1.29 is 4.74 Å². The Kier molecular flexibility index (Phi) is 5.46. The molecule has 2 unspecified atom stereocenters. The van der Waals surface area contributed by atoms with Gasteiger partial charge in [-0.25, -0.2) is 0 Å². The summed E-state index contributed by atoms with van der Waals surface area (Å²) in [6.07, 6.45) is 10.5. The lowest BCUT2D eigenvalue weighted by molar-refractivity contribution is 0.0871. The molecule has 2 rings (SSSR count). The molecule has 106 valence electrons. The van der Waals surface area contributed by atoms with Crippen molar-refractivity contribution in [1.29, 1.82) is 0 Å². The van der Waals surface area contributed by atoms with Crippen LogP contribution in [0.4, 0.5) is 0 Å². The predicted octanol–water partition coefficient (Wildman–Crippen LogP) is 2.44. The average Bonchev–Trinajstić information content (AvgIpc) is 2.83. The monoisotopic (exact) mass is 254 g/mol. The van der Waals surface area contributed by atoms with E-state index in [1.165, 1.54) is 38.5 Å². The molecular formula is C15H30N2O. The van der Waals surface area contributed by atoms with Crippen LogP contribution in [-0.4, -0.2) is 31.3 Å². The Balaban J connectivity index is 1.60. The molecule has 0 aromatic carbocycles. The molecule has 3 nitrogen and oxygen atoms in total. The normalized spacial score (nSPS) is 31.7. The quantitative estimate of drug-likeness (QED) is 0.716. The van der Waals surface area contributed by atoms with Gasteiger partial charge in [0.05, 0.1) is 6.10 Å². The maximum atomic E-state index is 6.44. The van der Waals surface area contributed by atoms with Gasteiger partial charge in [0.2, 0.25) is 0 Å². The lowest BCUT2D eigenvalue weighted by Gasteiger charge is -2.33. The second kappa shape index (κ2) is 6.88. The molecule has 3 heteroatoms. The first-order valence-corrected chi connectivity index (χ1v) is 7.85. The first-order chi connectivity index (χ1) is 8.73. The van der Waals surface area contributed by atoms with Crippen LogP contribution < -0.4 is 11.1 Å². The minimum absolute atomic E-state index is 0.127. The van der Waals surface area contributed by atoms with E-state index in [1.807, 2.05) is 0 Å². The van der Waals surface area contributed by atoms with E-state index in [9.17, 15) is 0 Å². The Bertz CT molecular complexity index is 239. The summed E-state index contributed by atoms with van der Waals surface area (Å²) in [7, 11) is 0. The highest BCUT2D eigenvalue weighted by atomic mass is 16.5. The molecular weight excluding hydrogens is 224 g/mol. The average molecular weight is 254 g/mol. The van der Waals surface area contributed by atoms with E-state index < -0.39 is 0 Å². The minimum atomic E-state index is 0.127. The lowest BCUT2D eigenvalue weighted by Crippen LogP contribution is -2.44. The van der Waals surface area contributed by atoms with Crippen LogP contribution >= 0.6 is 0 Å². The van der Waals surface area contributed by atoms with Gasteiger partial charge >= 0.3 is 0 Å². The molecule has 1 saturated carbocycles. The van der Waals surface area contributed by atoms with Crippen LogP contribution in [-0.2, 0) is 4.74 Å². The van der Waals surface area contributed by atoms with Crippen molar-refractivity contribution in [2.45, 2.75) is 69.9 Å². The summed E-state index contributed by atoms with van der Waals surface area (Å²) >= 11 is 0. The number of nitrogens with one attached hydrogen (secondary N) is 1. The van der Waals surface area contributed by atoms with Gasteiger partial charge in [0.25, 0.3) is 0 Å². The second-order valence-electron chi connectivity index (χ2n) is 6.24. The molecule has 0 amide bonds. The maximum absolute atomic E-state index is 6.44. The Hall–Kier alpha value is -0.120. The van der Waals surface area contributed by atoms with Crippen LogP contribution in [0.3, 0.4) is 0 Å². The van der Waals surface area contributed by atoms with Crippen LogP contribution in [0, 0.1) is 5.92 Å². The van der Waals surface area contributed by atoms with Crippen molar-refractivity contribution in [3.63, 3.8) is 0 Å². The zero-order chi connectivity index (χ0) is 12.8. The van der Waals surface area contributed by atoms with Gasteiger partial charge < -0.3 is 15.8 Å². The van der Waals surface area contributed by atoms with E-state index in [0.717, 1.165) is 38.5 Å². The fraction of sp³-hybridized carbons (Fsp3) is 1.00. The van der Waals surface area contributed by atoms with Crippen LogP contribution in [0.2, 0.25) is 0 Å². The smallest absolute Gasteiger partial charge is 0.0613 e. The van der Waals surface area contributed by atoms with Crippen molar-refractivity contribution in [3.8, 4) is 0 Å². The molecule has 2 aliphatic rings. The van der Waals surface area contributed by atoms with Crippen LogP contribution in [0.25, 0.3) is 0 Å². The maximum Gasteiger partial charge on any atom is 0.0613 e. The molecule has 0 radical (unpaired) electrons. The molecule has 1 saturated heterocycles. The van der Waals surface area contributed by atoms with Gasteiger partial charge in [-0.15, -0.1) is 0 Å². The Morgan fingerprint density at radius 3 is 2.78 bits per heavy atom. The van der Waals surface area contributed by atoms with Crippen LogP contribution in [0.1, 0.15) is 58.3 Å². The van der Waals surface area contributed by atoms with Crippen molar-refractivity contribution in [3.05, 3.63) is 0 Å². The van der Waals surface area contributed by atoms with Gasteiger partial charge in [-0.3, -0.25) is 0 Å². The lowest BCUT2D eigenvalue weighted by atomic mass is 9.80. The Morgan fingerprint density at radius 2 is 2.06 bits per heavy atom. The van der Waals surface area contributed by atoms with Gasteiger partial charge in [-0.2, -0.15) is 0 Å². The number of ether oxygens (including phenoxy) is 1. The molecule has 0 aromatic rings. The number of hydrogen-bond acceptors (Lipinski definition) is 3. The predicted molar refractivity (Wildman–Crippen MR) is 75.6 cm³/mol. The third-order valence-electron chi connectivity index (χ3n) is 4.80. The van der Waals surface area contributed by atoms with E-state index in [0.29, 0.717) is 6.10 Å². The highest BCUT2D eigenvalue weighted by Gasteiger charge is 2.28. The van der Waals surface area contributed by atoms with E-state index >= 15 is 0 Å². The highest BCUT2D eigenvalue weighted by molar-refractivity contribution is 4.88. The number of hydrogen-bond donors (Lipinski definition) is 2. The van der Waals surface area contributed by atoms with E-state index in [2.05, 4.69) is 12.2 Å². The molecule has 3 N–H and O–H groups in total. The molecule has 18 heavy (non-hydrogen) atoms. The molecule has 1 aliphatic heterocycles. The summed E-state index contributed by atoms with van der Waals surface area (Å²) < 4.78 is 5.72. The summed E-state index contributed by atoms with van der Waals surface area (Å²) in [6.45, 7) is 5.35. The summed E-state index contributed by atoms with van der Waals surface area (Å²) in [4.78, 5) is 0. The summed E-state index contributed by atoms with van der Waals surface area (Å²) in [5.41, 5.74) is 6.57. The number of rotatable bonds is 6. The van der Waals surface area contributed by atoms with Crippen molar-refractivity contribution in [1.82, 2.24) is 5.32 Å². The topological polar surface area (TPSA) is 47.3 Å². The fourth-order valence-corrected chi connectivity index (χ4v) is 3.51. The summed E-state index contributed by atoms with van der Waals surface area (Å²) in [5, 5.41) is 3.60.